The minimum atomic E-state index is -0.562. The summed E-state index contributed by atoms with van der Waals surface area (Å²) in [6.07, 6.45) is 5.05. The first-order valence-electron chi connectivity index (χ1n) is 8.66. The number of nitrogens with one attached hydrogen (secondary N) is 1. The number of para-hydroxylation sites is 2. The molecule has 2 heterocycles. The van der Waals surface area contributed by atoms with E-state index >= 15 is 0 Å². The topological polar surface area (TPSA) is 116 Å². The predicted molar refractivity (Wildman–Crippen MR) is 110 cm³/mol. The molecular weight excluding hydrogens is 392 g/mol. The molecule has 0 bridgehead atoms. The number of benzene rings is 1. The van der Waals surface area contributed by atoms with Crippen LogP contribution in [-0.2, 0) is 11.3 Å². The van der Waals surface area contributed by atoms with Crippen molar-refractivity contribution in [2.45, 2.75) is 23.9 Å². The molecule has 0 fully saturated rings. The van der Waals surface area contributed by atoms with Crippen molar-refractivity contribution in [3.8, 4) is 11.4 Å². The lowest BCUT2D eigenvalue weighted by atomic mass is 10.2. The Kier molecular flexibility index (Phi) is 6.35. The molecular formula is C19H18N6O3S. The van der Waals surface area contributed by atoms with Gasteiger partial charge in [-0.25, -0.2) is 0 Å². The summed E-state index contributed by atoms with van der Waals surface area (Å²) in [6, 6.07) is 9.65. The molecule has 1 aromatic carbocycles. The Morgan fingerprint density at radius 2 is 2.03 bits per heavy atom. The number of carbonyl (C=O) groups excluding carboxylic acids is 1. The van der Waals surface area contributed by atoms with Crippen LogP contribution in [0.15, 0.2) is 66.6 Å². The van der Waals surface area contributed by atoms with E-state index in [0.29, 0.717) is 17.5 Å². The lowest BCUT2D eigenvalue weighted by Crippen LogP contribution is -2.23. The Bertz CT molecular complexity index is 1040. The molecule has 1 amide bonds. The fourth-order valence-corrected chi connectivity index (χ4v) is 3.43. The van der Waals surface area contributed by atoms with Crippen molar-refractivity contribution in [2.24, 2.45) is 0 Å². The lowest BCUT2D eigenvalue weighted by molar-refractivity contribution is -0.383. The van der Waals surface area contributed by atoms with E-state index in [4.69, 9.17) is 0 Å². The Hall–Kier alpha value is -3.53. The van der Waals surface area contributed by atoms with Gasteiger partial charge >= 0.3 is 0 Å². The summed E-state index contributed by atoms with van der Waals surface area (Å²) in [4.78, 5) is 27.2. The fourth-order valence-electron chi connectivity index (χ4n) is 2.57. The number of amides is 1. The van der Waals surface area contributed by atoms with Crippen LogP contribution in [0.5, 0.6) is 0 Å². The zero-order chi connectivity index (χ0) is 20.8. The van der Waals surface area contributed by atoms with Crippen LogP contribution in [-0.4, -0.2) is 35.8 Å². The molecule has 0 saturated carbocycles. The van der Waals surface area contributed by atoms with Gasteiger partial charge in [-0.05, 0) is 25.1 Å². The first-order valence-corrected chi connectivity index (χ1v) is 9.54. The van der Waals surface area contributed by atoms with Crippen molar-refractivity contribution in [3.05, 3.63) is 71.6 Å². The van der Waals surface area contributed by atoms with Gasteiger partial charge in [0.1, 0.15) is 5.69 Å². The summed E-state index contributed by atoms with van der Waals surface area (Å²) in [5.41, 5.74) is 0.839. The van der Waals surface area contributed by atoms with E-state index in [0.717, 1.165) is 5.56 Å². The summed E-state index contributed by atoms with van der Waals surface area (Å²) in [6.45, 7) is 5.93. The highest BCUT2D eigenvalue weighted by Crippen LogP contribution is 2.29. The first kappa shape index (κ1) is 20.2. The van der Waals surface area contributed by atoms with Crippen molar-refractivity contribution in [3.63, 3.8) is 0 Å². The molecule has 0 aliphatic carbocycles. The molecule has 9 nitrogen and oxygen atoms in total. The number of pyridine rings is 1. The Morgan fingerprint density at radius 1 is 1.31 bits per heavy atom. The van der Waals surface area contributed by atoms with Gasteiger partial charge in [-0.2, -0.15) is 0 Å². The smallest absolute Gasteiger partial charge is 0.292 e. The second-order valence-electron chi connectivity index (χ2n) is 5.96. The van der Waals surface area contributed by atoms with Crippen LogP contribution in [0.25, 0.3) is 11.4 Å². The molecule has 0 unspecified atom stereocenters. The minimum absolute atomic E-state index is 0.153. The van der Waals surface area contributed by atoms with E-state index in [1.165, 1.54) is 23.9 Å². The number of hydrogen-bond donors (Lipinski definition) is 1. The second-order valence-corrected chi connectivity index (χ2v) is 7.27. The number of carbonyl (C=O) groups is 1. The number of rotatable bonds is 8. The fraction of sp³-hybridized carbons (Fsp3) is 0.158. The van der Waals surface area contributed by atoms with Gasteiger partial charge in [-0.15, -0.1) is 16.8 Å². The highest BCUT2D eigenvalue weighted by atomic mass is 32.2. The number of thioether (sulfide) groups is 1. The van der Waals surface area contributed by atoms with Crippen LogP contribution in [0, 0.1) is 10.1 Å². The summed E-state index contributed by atoms with van der Waals surface area (Å²) in [5, 5.41) is 22.2. The van der Waals surface area contributed by atoms with Crippen molar-refractivity contribution in [1.29, 1.82) is 0 Å². The van der Waals surface area contributed by atoms with E-state index in [9.17, 15) is 14.9 Å². The Labute approximate surface area is 171 Å². The van der Waals surface area contributed by atoms with Crippen molar-refractivity contribution < 1.29 is 9.72 Å². The predicted octanol–water partition coefficient (Wildman–Crippen LogP) is 3.55. The molecule has 148 valence electrons. The maximum Gasteiger partial charge on any atom is 0.292 e. The molecule has 0 aliphatic rings. The SMILES string of the molecule is C=CCn1c(S[C@H](C)C(=O)Nc2ccccc2[N+](=O)[O-])nnc1-c1ccncc1. The zero-order valence-electron chi connectivity index (χ0n) is 15.6. The highest BCUT2D eigenvalue weighted by Gasteiger charge is 2.22. The van der Waals surface area contributed by atoms with E-state index in [2.05, 4.69) is 27.1 Å². The van der Waals surface area contributed by atoms with Gasteiger partial charge in [-0.1, -0.05) is 30.0 Å². The molecule has 0 radical (unpaired) electrons. The third-order valence-electron chi connectivity index (χ3n) is 3.98. The van der Waals surface area contributed by atoms with E-state index < -0.39 is 10.2 Å². The number of allylic oxidation sites excluding steroid dienone is 1. The molecule has 0 aliphatic heterocycles. The van der Waals surface area contributed by atoms with Gasteiger partial charge in [0.05, 0.1) is 10.2 Å². The average molecular weight is 410 g/mol. The van der Waals surface area contributed by atoms with Crippen LogP contribution >= 0.6 is 11.8 Å². The molecule has 10 heteroatoms. The van der Waals surface area contributed by atoms with Crippen LogP contribution in [0.4, 0.5) is 11.4 Å². The summed E-state index contributed by atoms with van der Waals surface area (Å²) < 4.78 is 1.85. The van der Waals surface area contributed by atoms with Crippen LogP contribution < -0.4 is 5.32 Å². The van der Waals surface area contributed by atoms with Crippen molar-refractivity contribution >= 4 is 29.0 Å². The summed E-state index contributed by atoms with van der Waals surface area (Å²) >= 11 is 1.21. The van der Waals surface area contributed by atoms with Gasteiger partial charge in [0.25, 0.3) is 5.69 Å². The van der Waals surface area contributed by atoms with E-state index in [1.54, 1.807) is 37.5 Å². The quantitative estimate of drug-likeness (QED) is 0.261. The van der Waals surface area contributed by atoms with Gasteiger partial charge in [0.2, 0.25) is 5.91 Å². The van der Waals surface area contributed by atoms with Crippen molar-refractivity contribution in [1.82, 2.24) is 19.7 Å². The third kappa shape index (κ3) is 4.66. The molecule has 1 N–H and O–H groups in total. The molecule has 0 saturated heterocycles. The molecule has 3 rings (SSSR count). The largest absolute Gasteiger partial charge is 0.319 e. The van der Waals surface area contributed by atoms with Gasteiger partial charge in [0, 0.05) is 30.6 Å². The molecule has 1 atom stereocenters. The molecule has 2 aromatic heterocycles. The Morgan fingerprint density at radius 3 is 2.72 bits per heavy atom. The van der Waals surface area contributed by atoms with Crippen LogP contribution in [0.1, 0.15) is 6.92 Å². The van der Waals surface area contributed by atoms with Crippen LogP contribution in [0.2, 0.25) is 0 Å². The molecule has 0 spiro atoms. The maximum absolute atomic E-state index is 12.6. The average Bonchev–Trinajstić information content (AvgIpc) is 3.11. The number of nitro groups is 1. The maximum atomic E-state index is 12.6. The highest BCUT2D eigenvalue weighted by molar-refractivity contribution is 8.00. The molecule has 29 heavy (non-hydrogen) atoms. The summed E-state index contributed by atoms with van der Waals surface area (Å²) in [5.74, 6) is 0.268. The Balaban J connectivity index is 1.79. The van der Waals surface area contributed by atoms with Crippen LogP contribution in [0.3, 0.4) is 0 Å². The minimum Gasteiger partial charge on any atom is -0.319 e. The second kappa shape index (κ2) is 9.11. The van der Waals surface area contributed by atoms with E-state index in [-0.39, 0.29) is 17.3 Å². The van der Waals surface area contributed by atoms with Crippen molar-refractivity contribution in [2.75, 3.05) is 5.32 Å². The first-order chi connectivity index (χ1) is 14.0. The zero-order valence-corrected chi connectivity index (χ0v) is 16.4. The monoisotopic (exact) mass is 410 g/mol. The number of nitro benzene ring substituents is 1. The summed E-state index contributed by atoms with van der Waals surface area (Å²) in [7, 11) is 0. The van der Waals surface area contributed by atoms with E-state index in [1.807, 2.05) is 16.7 Å². The van der Waals surface area contributed by atoms with Gasteiger partial charge < -0.3 is 5.32 Å². The molecule has 3 aromatic rings. The van der Waals surface area contributed by atoms with Gasteiger partial charge in [0.15, 0.2) is 11.0 Å². The number of aromatic nitrogens is 4. The third-order valence-corrected chi connectivity index (χ3v) is 5.06. The number of nitrogens with zero attached hydrogens (tertiary/aromatic N) is 5. The standard InChI is InChI=1S/C19H18N6O3S/c1-3-12-24-17(14-8-10-20-11-9-14)22-23-19(24)29-13(2)18(26)21-15-6-4-5-7-16(15)25(27)28/h3-11,13H,1,12H2,2H3,(H,21,26)/t13-/m1/s1. The number of hydrogen-bond acceptors (Lipinski definition) is 7. The lowest BCUT2D eigenvalue weighted by Gasteiger charge is -2.13. The number of anilines is 1. The van der Waals surface area contributed by atoms with Gasteiger partial charge in [-0.3, -0.25) is 24.5 Å². The normalized spacial score (nSPS) is 11.6.